The fourth-order valence-corrected chi connectivity index (χ4v) is 2.47. The van der Waals surface area contributed by atoms with Crippen LogP contribution in [0.3, 0.4) is 0 Å². The van der Waals surface area contributed by atoms with Gasteiger partial charge in [-0.25, -0.2) is 0 Å². The van der Waals surface area contributed by atoms with Gasteiger partial charge in [-0.2, -0.15) is 0 Å². The van der Waals surface area contributed by atoms with E-state index in [-0.39, 0.29) is 5.91 Å². The molecule has 1 amide bonds. The van der Waals surface area contributed by atoms with Gasteiger partial charge in [0, 0.05) is 24.5 Å². The lowest BCUT2D eigenvalue weighted by molar-refractivity contribution is 0.0763. The van der Waals surface area contributed by atoms with Gasteiger partial charge >= 0.3 is 0 Å². The van der Waals surface area contributed by atoms with Crippen molar-refractivity contribution in [3.63, 3.8) is 0 Å². The summed E-state index contributed by atoms with van der Waals surface area (Å²) < 4.78 is 0. The maximum absolute atomic E-state index is 12.6. The van der Waals surface area contributed by atoms with E-state index in [1.807, 2.05) is 41.3 Å². The van der Waals surface area contributed by atoms with Gasteiger partial charge in [-0.15, -0.1) is 11.6 Å². The summed E-state index contributed by atoms with van der Waals surface area (Å²) in [5.74, 6) is 0.549. The fraction of sp³-hybridized carbons (Fsp3) is 0.353. The van der Waals surface area contributed by atoms with Crippen molar-refractivity contribution in [2.24, 2.45) is 0 Å². The fourth-order valence-electron chi connectivity index (χ4n) is 2.27. The lowest BCUT2D eigenvalue weighted by Gasteiger charge is -2.21. The molecule has 2 aromatic carbocycles. The normalized spacial score (nSPS) is 10.7. The number of alkyl halides is 1. The topological polar surface area (TPSA) is 20.3 Å². The predicted octanol–water partition coefficient (Wildman–Crippen LogP) is 4.32. The molecule has 2 aromatic rings. The van der Waals surface area contributed by atoms with Crippen LogP contribution in [0.2, 0.25) is 0 Å². The predicted molar refractivity (Wildman–Crippen MR) is 85.5 cm³/mol. The Hall–Kier alpha value is -1.54. The number of benzene rings is 2. The Kier molecular flexibility index (Phi) is 5.42. The van der Waals surface area contributed by atoms with Crippen LogP contribution in [0, 0.1) is 0 Å². The first-order chi connectivity index (χ1) is 9.76. The highest BCUT2D eigenvalue weighted by molar-refractivity contribution is 6.18. The maximum atomic E-state index is 12.6. The second-order valence-corrected chi connectivity index (χ2v) is 5.27. The molecule has 0 aliphatic rings. The number of carbonyl (C=O) groups excluding carboxylic acids is 1. The van der Waals surface area contributed by atoms with Gasteiger partial charge in [0.25, 0.3) is 5.91 Å². The van der Waals surface area contributed by atoms with Crippen LogP contribution in [-0.2, 0) is 0 Å². The van der Waals surface area contributed by atoms with Crippen LogP contribution in [0.4, 0.5) is 0 Å². The molecule has 3 heteroatoms. The smallest absolute Gasteiger partial charge is 0.253 e. The Balaban J connectivity index is 2.23. The second kappa shape index (κ2) is 7.30. The SMILES string of the molecule is CCCCN(CCCl)C(=O)c1ccc2ccccc2c1. The molecule has 20 heavy (non-hydrogen) atoms. The summed E-state index contributed by atoms with van der Waals surface area (Å²) >= 11 is 5.81. The number of nitrogens with zero attached hydrogens (tertiary/aromatic N) is 1. The Labute approximate surface area is 125 Å². The highest BCUT2D eigenvalue weighted by Gasteiger charge is 2.14. The molecule has 0 N–H and O–H groups in total. The van der Waals surface area contributed by atoms with E-state index in [1.165, 1.54) is 0 Å². The molecule has 0 aliphatic carbocycles. The molecule has 0 heterocycles. The van der Waals surface area contributed by atoms with Crippen molar-refractivity contribution in [2.75, 3.05) is 19.0 Å². The Morgan fingerprint density at radius 3 is 2.55 bits per heavy atom. The van der Waals surface area contributed by atoms with Gasteiger partial charge in [0.15, 0.2) is 0 Å². The standard InChI is InChI=1S/C17H20ClNO/c1-2-3-11-19(12-10-18)17(20)16-9-8-14-6-4-5-7-15(14)13-16/h4-9,13H,2-3,10-12H2,1H3. The first-order valence-electron chi connectivity index (χ1n) is 7.10. The number of unbranched alkanes of at least 4 members (excludes halogenated alkanes) is 1. The quantitative estimate of drug-likeness (QED) is 0.725. The van der Waals surface area contributed by atoms with Gasteiger partial charge in [-0.3, -0.25) is 4.79 Å². The van der Waals surface area contributed by atoms with Gasteiger partial charge < -0.3 is 4.90 Å². The van der Waals surface area contributed by atoms with Crippen molar-refractivity contribution in [3.05, 3.63) is 48.0 Å². The molecule has 0 fully saturated rings. The van der Waals surface area contributed by atoms with Crippen LogP contribution < -0.4 is 0 Å². The highest BCUT2D eigenvalue weighted by atomic mass is 35.5. The minimum absolute atomic E-state index is 0.0739. The van der Waals surface area contributed by atoms with E-state index in [0.29, 0.717) is 12.4 Å². The van der Waals surface area contributed by atoms with Gasteiger partial charge in [-0.05, 0) is 29.3 Å². The second-order valence-electron chi connectivity index (χ2n) is 4.90. The van der Waals surface area contributed by atoms with Crippen molar-refractivity contribution >= 4 is 28.3 Å². The zero-order valence-corrected chi connectivity index (χ0v) is 12.6. The van der Waals surface area contributed by atoms with Crippen LogP contribution in [0.25, 0.3) is 10.8 Å². The maximum Gasteiger partial charge on any atom is 0.253 e. The largest absolute Gasteiger partial charge is 0.337 e. The number of hydrogen-bond acceptors (Lipinski definition) is 1. The van der Waals surface area contributed by atoms with E-state index in [1.54, 1.807) is 0 Å². The number of amides is 1. The van der Waals surface area contributed by atoms with E-state index >= 15 is 0 Å². The molecule has 0 aliphatic heterocycles. The van der Waals surface area contributed by atoms with Crippen LogP contribution in [0.15, 0.2) is 42.5 Å². The number of carbonyl (C=O) groups is 1. The minimum atomic E-state index is 0.0739. The Morgan fingerprint density at radius 2 is 1.85 bits per heavy atom. The van der Waals surface area contributed by atoms with Gasteiger partial charge in [0.05, 0.1) is 0 Å². The van der Waals surface area contributed by atoms with Crippen molar-refractivity contribution in [1.29, 1.82) is 0 Å². The summed E-state index contributed by atoms with van der Waals surface area (Å²) in [6, 6.07) is 13.9. The molecule has 0 spiro atoms. The monoisotopic (exact) mass is 289 g/mol. The van der Waals surface area contributed by atoms with Crippen molar-refractivity contribution in [3.8, 4) is 0 Å². The molecule has 0 unspecified atom stereocenters. The molecule has 0 atom stereocenters. The molecule has 2 nitrogen and oxygen atoms in total. The number of rotatable bonds is 6. The average molecular weight is 290 g/mol. The molecule has 0 bridgehead atoms. The van der Waals surface area contributed by atoms with E-state index in [4.69, 9.17) is 11.6 Å². The molecule has 0 aromatic heterocycles. The van der Waals surface area contributed by atoms with Gasteiger partial charge in [0.2, 0.25) is 0 Å². The molecular weight excluding hydrogens is 270 g/mol. The number of fused-ring (bicyclic) bond motifs is 1. The van der Waals surface area contributed by atoms with Crippen LogP contribution in [0.1, 0.15) is 30.1 Å². The molecule has 106 valence electrons. The summed E-state index contributed by atoms with van der Waals surface area (Å²) in [5.41, 5.74) is 0.741. The minimum Gasteiger partial charge on any atom is -0.337 e. The lowest BCUT2D eigenvalue weighted by Crippen LogP contribution is -2.33. The van der Waals surface area contributed by atoms with Crippen molar-refractivity contribution in [2.45, 2.75) is 19.8 Å². The van der Waals surface area contributed by atoms with E-state index in [9.17, 15) is 4.79 Å². The molecule has 0 saturated carbocycles. The van der Waals surface area contributed by atoms with Crippen molar-refractivity contribution in [1.82, 2.24) is 4.90 Å². The Bertz CT molecular complexity index is 582. The first-order valence-corrected chi connectivity index (χ1v) is 7.63. The number of hydrogen-bond donors (Lipinski definition) is 0. The third-order valence-corrected chi connectivity index (χ3v) is 3.59. The first kappa shape index (κ1) is 14.9. The third kappa shape index (κ3) is 3.51. The summed E-state index contributed by atoms with van der Waals surface area (Å²) in [5, 5.41) is 2.25. The Morgan fingerprint density at radius 1 is 1.10 bits per heavy atom. The zero-order chi connectivity index (χ0) is 14.4. The van der Waals surface area contributed by atoms with Gasteiger partial charge in [-0.1, -0.05) is 43.7 Å². The van der Waals surface area contributed by atoms with Crippen LogP contribution in [-0.4, -0.2) is 29.8 Å². The molecule has 0 saturated heterocycles. The summed E-state index contributed by atoms with van der Waals surface area (Å²) in [6.07, 6.45) is 2.08. The van der Waals surface area contributed by atoms with Crippen molar-refractivity contribution < 1.29 is 4.79 Å². The zero-order valence-electron chi connectivity index (χ0n) is 11.8. The van der Waals surface area contributed by atoms with E-state index in [0.717, 1.165) is 35.7 Å². The summed E-state index contributed by atoms with van der Waals surface area (Å²) in [7, 11) is 0. The third-order valence-electron chi connectivity index (χ3n) is 3.42. The molecule has 2 rings (SSSR count). The van der Waals surface area contributed by atoms with Crippen LogP contribution in [0.5, 0.6) is 0 Å². The molecule has 0 radical (unpaired) electrons. The lowest BCUT2D eigenvalue weighted by atomic mass is 10.1. The number of halogens is 1. The van der Waals surface area contributed by atoms with E-state index in [2.05, 4.69) is 13.0 Å². The van der Waals surface area contributed by atoms with Gasteiger partial charge in [0.1, 0.15) is 0 Å². The summed E-state index contributed by atoms with van der Waals surface area (Å²) in [4.78, 5) is 14.4. The van der Waals surface area contributed by atoms with E-state index < -0.39 is 0 Å². The highest BCUT2D eigenvalue weighted by Crippen LogP contribution is 2.17. The summed E-state index contributed by atoms with van der Waals surface area (Å²) in [6.45, 7) is 3.50. The average Bonchev–Trinajstić information content (AvgIpc) is 2.50. The van der Waals surface area contributed by atoms with Crippen LogP contribution >= 0.6 is 11.6 Å². The molecular formula is C17H20ClNO.